The van der Waals surface area contributed by atoms with Gasteiger partial charge in [-0.1, -0.05) is 18.2 Å². The van der Waals surface area contributed by atoms with E-state index in [4.69, 9.17) is 0 Å². The number of hydrogen-bond acceptors (Lipinski definition) is 1. The Morgan fingerprint density at radius 1 is 1.36 bits per heavy atom. The first-order chi connectivity index (χ1) is 6.75. The molecule has 0 spiro atoms. The van der Waals surface area contributed by atoms with Crippen molar-refractivity contribution in [2.24, 2.45) is 0 Å². The van der Waals surface area contributed by atoms with Crippen molar-refractivity contribution in [1.82, 2.24) is 4.98 Å². The summed E-state index contributed by atoms with van der Waals surface area (Å²) in [6.07, 6.45) is 5.30. The van der Waals surface area contributed by atoms with Gasteiger partial charge in [0.1, 0.15) is 0 Å². The van der Waals surface area contributed by atoms with Crippen LogP contribution in [0.25, 0.3) is 17.0 Å². The van der Waals surface area contributed by atoms with Crippen LogP contribution in [0.2, 0.25) is 0 Å². The van der Waals surface area contributed by atoms with Gasteiger partial charge in [0.05, 0.1) is 0 Å². The first-order valence-electron chi connectivity index (χ1n) is 4.51. The molecular formula is C12H11NO. The number of aromatic nitrogens is 1. The maximum Gasteiger partial charge on any atom is 0.152 e. The highest BCUT2D eigenvalue weighted by molar-refractivity contribution is 5.92. The summed E-state index contributed by atoms with van der Waals surface area (Å²) in [5, 5.41) is 1.19. The Morgan fingerprint density at radius 2 is 2.21 bits per heavy atom. The number of rotatable bonds is 2. The topological polar surface area (TPSA) is 32.9 Å². The van der Waals surface area contributed by atoms with Crippen LogP contribution in [0.3, 0.4) is 0 Å². The molecule has 0 bridgehead atoms. The summed E-state index contributed by atoms with van der Waals surface area (Å²) in [7, 11) is 0. The van der Waals surface area contributed by atoms with Crippen LogP contribution in [0.5, 0.6) is 0 Å². The van der Waals surface area contributed by atoms with E-state index in [2.05, 4.69) is 4.98 Å². The van der Waals surface area contributed by atoms with Crippen LogP contribution < -0.4 is 0 Å². The molecular weight excluding hydrogens is 174 g/mol. The Labute approximate surface area is 82.3 Å². The molecule has 0 aliphatic carbocycles. The zero-order valence-electron chi connectivity index (χ0n) is 7.95. The van der Waals surface area contributed by atoms with Crippen molar-refractivity contribution in [3.63, 3.8) is 0 Å². The number of aromatic amines is 1. The first-order valence-corrected chi connectivity index (χ1v) is 4.51. The number of fused-ring (bicyclic) bond motifs is 1. The van der Waals surface area contributed by atoms with E-state index in [0.29, 0.717) is 0 Å². The molecule has 0 fully saturated rings. The summed E-state index contributed by atoms with van der Waals surface area (Å²) in [6, 6.07) is 8.07. The van der Waals surface area contributed by atoms with Gasteiger partial charge in [0.2, 0.25) is 0 Å². The van der Waals surface area contributed by atoms with Crippen LogP contribution >= 0.6 is 0 Å². The number of carbonyl (C=O) groups excluding carboxylic acids is 1. The van der Waals surface area contributed by atoms with Gasteiger partial charge < -0.3 is 4.98 Å². The van der Waals surface area contributed by atoms with Gasteiger partial charge in [-0.15, -0.1) is 0 Å². The van der Waals surface area contributed by atoms with E-state index in [0.717, 1.165) is 11.1 Å². The summed E-state index contributed by atoms with van der Waals surface area (Å²) in [5.74, 6) is 0.0663. The quantitative estimate of drug-likeness (QED) is 0.717. The summed E-state index contributed by atoms with van der Waals surface area (Å²) < 4.78 is 0. The van der Waals surface area contributed by atoms with Crippen molar-refractivity contribution >= 4 is 22.8 Å². The second-order valence-electron chi connectivity index (χ2n) is 3.27. The van der Waals surface area contributed by atoms with Crippen LogP contribution in [0.1, 0.15) is 12.5 Å². The van der Waals surface area contributed by atoms with Crippen molar-refractivity contribution in [2.75, 3.05) is 0 Å². The van der Waals surface area contributed by atoms with Crippen molar-refractivity contribution in [1.29, 1.82) is 0 Å². The second-order valence-corrected chi connectivity index (χ2v) is 3.27. The summed E-state index contributed by atoms with van der Waals surface area (Å²) in [6.45, 7) is 1.55. The average molecular weight is 185 g/mol. The van der Waals surface area contributed by atoms with Gasteiger partial charge in [-0.05, 0) is 36.1 Å². The molecule has 0 atom stereocenters. The lowest BCUT2D eigenvalue weighted by Crippen LogP contribution is -1.80. The molecule has 1 heterocycles. The zero-order chi connectivity index (χ0) is 9.97. The van der Waals surface area contributed by atoms with Gasteiger partial charge in [0.25, 0.3) is 0 Å². The molecule has 2 nitrogen and oxygen atoms in total. The first kappa shape index (κ1) is 8.75. The van der Waals surface area contributed by atoms with E-state index in [1.54, 1.807) is 13.0 Å². The molecule has 2 rings (SSSR count). The number of carbonyl (C=O) groups is 1. The lowest BCUT2D eigenvalue weighted by molar-refractivity contribution is -0.112. The number of nitrogens with one attached hydrogen (secondary N) is 1. The Hall–Kier alpha value is -1.83. The molecule has 2 aromatic rings. The maximum absolute atomic E-state index is 10.7. The largest absolute Gasteiger partial charge is 0.361 e. The zero-order valence-corrected chi connectivity index (χ0v) is 7.95. The molecule has 0 aliphatic rings. The van der Waals surface area contributed by atoms with Crippen LogP contribution in [0.4, 0.5) is 0 Å². The maximum atomic E-state index is 10.7. The minimum atomic E-state index is 0.0663. The standard InChI is InChI=1S/C12H11NO/c1-9(14)2-3-10-4-5-11-6-7-13-12(11)8-10/h2-8,13H,1H3/b3-2+. The third-order valence-corrected chi connectivity index (χ3v) is 2.09. The molecule has 0 saturated carbocycles. The highest BCUT2D eigenvalue weighted by atomic mass is 16.1. The van der Waals surface area contributed by atoms with Gasteiger partial charge in [-0.3, -0.25) is 4.79 Å². The monoisotopic (exact) mass is 185 g/mol. The molecule has 0 aliphatic heterocycles. The summed E-state index contributed by atoms with van der Waals surface area (Å²) in [4.78, 5) is 13.9. The lowest BCUT2D eigenvalue weighted by atomic mass is 10.1. The predicted molar refractivity (Wildman–Crippen MR) is 58.0 cm³/mol. The van der Waals surface area contributed by atoms with Crippen LogP contribution in [0, 0.1) is 0 Å². The fraction of sp³-hybridized carbons (Fsp3) is 0.0833. The second kappa shape index (κ2) is 3.50. The minimum Gasteiger partial charge on any atom is -0.361 e. The van der Waals surface area contributed by atoms with Crippen LogP contribution in [-0.4, -0.2) is 10.8 Å². The molecule has 1 aromatic carbocycles. The number of hydrogen-bond donors (Lipinski definition) is 1. The third kappa shape index (κ3) is 1.74. The van der Waals surface area contributed by atoms with Crippen molar-refractivity contribution in [3.05, 3.63) is 42.1 Å². The Morgan fingerprint density at radius 3 is 3.00 bits per heavy atom. The SMILES string of the molecule is CC(=O)/C=C/c1ccc2cc[nH]c2c1. The molecule has 0 radical (unpaired) electrons. The van der Waals surface area contributed by atoms with Crippen LogP contribution in [-0.2, 0) is 4.79 Å². The summed E-state index contributed by atoms with van der Waals surface area (Å²) in [5.41, 5.74) is 2.13. The highest BCUT2D eigenvalue weighted by Crippen LogP contribution is 2.14. The Kier molecular flexibility index (Phi) is 2.19. The van der Waals surface area contributed by atoms with E-state index in [-0.39, 0.29) is 5.78 Å². The van der Waals surface area contributed by atoms with Gasteiger partial charge in [0, 0.05) is 11.7 Å². The molecule has 70 valence electrons. The lowest BCUT2D eigenvalue weighted by Gasteiger charge is -1.93. The summed E-state index contributed by atoms with van der Waals surface area (Å²) >= 11 is 0. The van der Waals surface area contributed by atoms with E-state index in [1.165, 1.54) is 5.39 Å². The van der Waals surface area contributed by atoms with Gasteiger partial charge in [-0.2, -0.15) is 0 Å². The average Bonchev–Trinajstić information content (AvgIpc) is 2.61. The molecule has 0 amide bonds. The number of H-pyrrole nitrogens is 1. The number of benzene rings is 1. The van der Waals surface area contributed by atoms with E-state index in [1.807, 2.05) is 36.5 Å². The fourth-order valence-electron chi connectivity index (χ4n) is 1.38. The van der Waals surface area contributed by atoms with E-state index in [9.17, 15) is 4.79 Å². The molecule has 0 unspecified atom stereocenters. The Bertz CT molecular complexity index is 494. The Balaban J connectivity index is 2.39. The predicted octanol–water partition coefficient (Wildman–Crippen LogP) is 2.77. The van der Waals surface area contributed by atoms with Crippen LogP contribution in [0.15, 0.2) is 36.5 Å². The minimum absolute atomic E-state index is 0.0663. The highest BCUT2D eigenvalue weighted by Gasteiger charge is 1.94. The fourth-order valence-corrected chi connectivity index (χ4v) is 1.38. The van der Waals surface area contributed by atoms with E-state index >= 15 is 0 Å². The van der Waals surface area contributed by atoms with Crippen molar-refractivity contribution < 1.29 is 4.79 Å². The molecule has 0 saturated heterocycles. The number of ketones is 1. The molecule has 1 aromatic heterocycles. The molecule has 2 heteroatoms. The van der Waals surface area contributed by atoms with E-state index < -0.39 is 0 Å². The third-order valence-electron chi connectivity index (χ3n) is 2.09. The number of allylic oxidation sites excluding steroid dienone is 1. The molecule has 14 heavy (non-hydrogen) atoms. The van der Waals surface area contributed by atoms with Crippen molar-refractivity contribution in [2.45, 2.75) is 6.92 Å². The smallest absolute Gasteiger partial charge is 0.152 e. The van der Waals surface area contributed by atoms with Gasteiger partial charge in [-0.25, -0.2) is 0 Å². The van der Waals surface area contributed by atoms with Gasteiger partial charge >= 0.3 is 0 Å². The van der Waals surface area contributed by atoms with Crippen molar-refractivity contribution in [3.8, 4) is 0 Å². The molecule has 1 N–H and O–H groups in total. The van der Waals surface area contributed by atoms with Gasteiger partial charge in [0.15, 0.2) is 5.78 Å². The normalized spacial score (nSPS) is 11.2.